The van der Waals surface area contributed by atoms with Gasteiger partial charge in [-0.05, 0) is 19.3 Å². The van der Waals surface area contributed by atoms with Crippen LogP contribution in [0, 0.1) is 0 Å². The van der Waals surface area contributed by atoms with Gasteiger partial charge < -0.3 is 15.0 Å². The molecule has 0 aliphatic carbocycles. The Morgan fingerprint density at radius 2 is 2.06 bits per heavy atom. The van der Waals surface area contributed by atoms with E-state index in [0.29, 0.717) is 0 Å². The molecule has 0 aromatic carbocycles. The van der Waals surface area contributed by atoms with E-state index in [0.717, 1.165) is 31.6 Å². The molecule has 98 valence electrons. The van der Waals surface area contributed by atoms with Crippen molar-refractivity contribution in [1.29, 1.82) is 0 Å². The Bertz CT molecular complexity index is 323. The molecule has 0 spiro atoms. The van der Waals surface area contributed by atoms with Gasteiger partial charge in [-0.1, -0.05) is 20.8 Å². The Balaban J connectivity index is 3.00. The number of hydrogen-bond donors (Lipinski definition) is 1. The summed E-state index contributed by atoms with van der Waals surface area (Å²) in [6.07, 6.45) is 6.66. The normalized spacial score (nSPS) is 13.9. The fraction of sp³-hybridized carbons (Fsp3) is 0.769. The highest BCUT2D eigenvalue weighted by atomic mass is 16.5. The van der Waals surface area contributed by atoms with Gasteiger partial charge in [0.25, 0.3) is 0 Å². The number of ether oxygens (including phenoxy) is 1. The van der Waals surface area contributed by atoms with Gasteiger partial charge in [0.1, 0.15) is 5.82 Å². The molecule has 1 aromatic rings. The second kappa shape index (κ2) is 6.17. The Labute approximate surface area is 104 Å². The van der Waals surface area contributed by atoms with Crippen molar-refractivity contribution in [2.45, 2.75) is 58.2 Å². The van der Waals surface area contributed by atoms with Crippen LogP contribution in [0.5, 0.6) is 0 Å². The van der Waals surface area contributed by atoms with E-state index in [9.17, 15) is 0 Å². The molecule has 2 N–H and O–H groups in total. The Morgan fingerprint density at radius 1 is 1.41 bits per heavy atom. The topological polar surface area (TPSA) is 53.1 Å². The minimum atomic E-state index is -0.309. The number of imidazole rings is 1. The van der Waals surface area contributed by atoms with Crippen molar-refractivity contribution in [3.63, 3.8) is 0 Å². The van der Waals surface area contributed by atoms with Crippen LogP contribution in [0.4, 0.5) is 0 Å². The molecular formula is C13H25N3O. The fourth-order valence-corrected chi connectivity index (χ4v) is 2.37. The van der Waals surface area contributed by atoms with Crippen LogP contribution in [-0.4, -0.2) is 22.3 Å². The summed E-state index contributed by atoms with van der Waals surface area (Å²) in [5.41, 5.74) is 6.06. The summed E-state index contributed by atoms with van der Waals surface area (Å²) in [7, 11) is 1.74. The zero-order valence-corrected chi connectivity index (χ0v) is 11.4. The highest BCUT2D eigenvalue weighted by Gasteiger charge is 2.36. The lowest BCUT2D eigenvalue weighted by atomic mass is 9.88. The lowest BCUT2D eigenvalue weighted by Crippen LogP contribution is -2.43. The molecule has 0 radical (unpaired) electrons. The van der Waals surface area contributed by atoms with Gasteiger partial charge in [0.2, 0.25) is 0 Å². The van der Waals surface area contributed by atoms with Gasteiger partial charge in [-0.15, -0.1) is 0 Å². The van der Waals surface area contributed by atoms with Gasteiger partial charge in [0.05, 0.1) is 11.6 Å². The van der Waals surface area contributed by atoms with Crippen molar-refractivity contribution >= 4 is 0 Å². The minimum Gasteiger partial charge on any atom is -0.376 e. The average Bonchev–Trinajstić information content (AvgIpc) is 2.80. The van der Waals surface area contributed by atoms with E-state index in [1.165, 1.54) is 0 Å². The second-order valence-corrected chi connectivity index (χ2v) is 4.43. The first-order valence-electron chi connectivity index (χ1n) is 6.46. The second-order valence-electron chi connectivity index (χ2n) is 4.43. The van der Waals surface area contributed by atoms with Crippen LogP contribution in [-0.2, 0) is 11.3 Å². The van der Waals surface area contributed by atoms with E-state index >= 15 is 0 Å². The van der Waals surface area contributed by atoms with Crippen molar-refractivity contribution in [3.05, 3.63) is 18.2 Å². The van der Waals surface area contributed by atoms with E-state index in [4.69, 9.17) is 10.5 Å². The predicted molar refractivity (Wildman–Crippen MR) is 69.8 cm³/mol. The SMILES string of the molecule is CCCn1ccnc1C(N)C(CC)(CC)OC. The third-order valence-electron chi connectivity index (χ3n) is 3.66. The van der Waals surface area contributed by atoms with Crippen molar-refractivity contribution in [1.82, 2.24) is 9.55 Å². The number of nitrogens with zero attached hydrogens (tertiary/aromatic N) is 2. The molecule has 1 unspecified atom stereocenters. The number of nitrogens with two attached hydrogens (primary N) is 1. The quantitative estimate of drug-likeness (QED) is 0.795. The summed E-state index contributed by atoms with van der Waals surface area (Å²) >= 11 is 0. The zero-order chi connectivity index (χ0) is 12.9. The van der Waals surface area contributed by atoms with E-state index in [-0.39, 0.29) is 11.6 Å². The molecule has 0 saturated carbocycles. The van der Waals surface area contributed by atoms with Crippen LogP contribution in [0.2, 0.25) is 0 Å². The molecule has 0 aliphatic rings. The minimum absolute atomic E-state index is 0.177. The molecule has 1 atom stereocenters. The highest BCUT2D eigenvalue weighted by Crippen LogP contribution is 2.32. The van der Waals surface area contributed by atoms with Crippen LogP contribution < -0.4 is 5.73 Å². The summed E-state index contributed by atoms with van der Waals surface area (Å²) in [6.45, 7) is 7.33. The predicted octanol–water partition coefficient (Wildman–Crippen LogP) is 2.50. The van der Waals surface area contributed by atoms with Crippen LogP contribution >= 0.6 is 0 Å². The number of rotatable bonds is 7. The first-order chi connectivity index (χ1) is 8.15. The van der Waals surface area contributed by atoms with Crippen LogP contribution in [0.1, 0.15) is 51.9 Å². The Kier molecular flexibility index (Phi) is 5.15. The average molecular weight is 239 g/mol. The Hall–Kier alpha value is -0.870. The molecule has 0 bridgehead atoms. The molecule has 1 heterocycles. The van der Waals surface area contributed by atoms with Gasteiger partial charge in [0.15, 0.2) is 0 Å². The molecule has 17 heavy (non-hydrogen) atoms. The number of aryl methyl sites for hydroxylation is 1. The van der Waals surface area contributed by atoms with Gasteiger partial charge in [-0.3, -0.25) is 0 Å². The van der Waals surface area contributed by atoms with Crippen LogP contribution in [0.15, 0.2) is 12.4 Å². The molecule has 0 saturated heterocycles. The number of methoxy groups -OCH3 is 1. The largest absolute Gasteiger partial charge is 0.376 e. The third kappa shape index (κ3) is 2.69. The van der Waals surface area contributed by atoms with E-state index < -0.39 is 0 Å². The molecule has 4 heteroatoms. The standard InChI is InChI=1S/C13H25N3O/c1-5-9-16-10-8-15-12(16)11(14)13(6-2,7-3)17-4/h8,10-11H,5-7,9,14H2,1-4H3. The first kappa shape index (κ1) is 14.2. The monoisotopic (exact) mass is 239 g/mol. The van der Waals surface area contributed by atoms with Gasteiger partial charge >= 0.3 is 0 Å². The number of hydrogen-bond acceptors (Lipinski definition) is 3. The van der Waals surface area contributed by atoms with E-state index in [1.54, 1.807) is 7.11 Å². The summed E-state index contributed by atoms with van der Waals surface area (Å²) in [6, 6.07) is -0.177. The maximum atomic E-state index is 6.37. The lowest BCUT2D eigenvalue weighted by Gasteiger charge is -2.35. The van der Waals surface area contributed by atoms with Crippen molar-refractivity contribution in [2.75, 3.05) is 7.11 Å². The molecule has 0 aliphatic heterocycles. The first-order valence-corrected chi connectivity index (χ1v) is 6.46. The van der Waals surface area contributed by atoms with Gasteiger partial charge in [-0.2, -0.15) is 0 Å². The lowest BCUT2D eigenvalue weighted by molar-refractivity contribution is -0.0413. The molecule has 4 nitrogen and oxygen atoms in total. The summed E-state index contributed by atoms with van der Waals surface area (Å²) < 4.78 is 7.81. The Morgan fingerprint density at radius 3 is 2.53 bits per heavy atom. The third-order valence-corrected chi connectivity index (χ3v) is 3.66. The summed E-state index contributed by atoms with van der Waals surface area (Å²) in [5, 5.41) is 0. The van der Waals surface area contributed by atoms with Crippen molar-refractivity contribution < 1.29 is 4.74 Å². The highest BCUT2D eigenvalue weighted by molar-refractivity contribution is 5.06. The molecule has 1 aromatic heterocycles. The maximum Gasteiger partial charge on any atom is 0.128 e. The maximum absolute atomic E-state index is 6.37. The molecule has 0 amide bonds. The molecular weight excluding hydrogens is 214 g/mol. The van der Waals surface area contributed by atoms with E-state index in [2.05, 4.69) is 30.3 Å². The van der Waals surface area contributed by atoms with Crippen LogP contribution in [0.3, 0.4) is 0 Å². The summed E-state index contributed by atoms with van der Waals surface area (Å²) in [5.74, 6) is 0.928. The van der Waals surface area contributed by atoms with Crippen molar-refractivity contribution in [3.8, 4) is 0 Å². The van der Waals surface area contributed by atoms with Gasteiger partial charge in [0, 0.05) is 26.0 Å². The van der Waals surface area contributed by atoms with Crippen LogP contribution in [0.25, 0.3) is 0 Å². The van der Waals surface area contributed by atoms with E-state index in [1.807, 2.05) is 12.4 Å². The number of aromatic nitrogens is 2. The fourth-order valence-electron chi connectivity index (χ4n) is 2.37. The van der Waals surface area contributed by atoms with Gasteiger partial charge in [-0.25, -0.2) is 4.98 Å². The zero-order valence-electron chi connectivity index (χ0n) is 11.4. The molecule has 1 rings (SSSR count). The molecule has 0 fully saturated rings. The van der Waals surface area contributed by atoms with Crippen molar-refractivity contribution in [2.24, 2.45) is 5.73 Å². The smallest absolute Gasteiger partial charge is 0.128 e. The summed E-state index contributed by atoms with van der Waals surface area (Å²) in [4.78, 5) is 4.40.